The fourth-order valence-electron chi connectivity index (χ4n) is 2.80. The molecule has 1 saturated heterocycles. The minimum Gasteiger partial charge on any atom is -0.313 e. The Morgan fingerprint density at radius 2 is 2.10 bits per heavy atom. The first-order valence-electron chi connectivity index (χ1n) is 7.56. The highest BCUT2D eigenvalue weighted by Gasteiger charge is 2.31. The van der Waals surface area contributed by atoms with E-state index in [1.807, 2.05) is 6.07 Å². The molecule has 118 valence electrons. The van der Waals surface area contributed by atoms with Gasteiger partial charge in [-0.05, 0) is 37.1 Å². The van der Waals surface area contributed by atoms with E-state index >= 15 is 0 Å². The highest BCUT2D eigenvalue weighted by molar-refractivity contribution is 9.10. The van der Waals surface area contributed by atoms with E-state index in [0.717, 1.165) is 27.7 Å². The lowest BCUT2D eigenvalue weighted by Gasteiger charge is -2.36. The van der Waals surface area contributed by atoms with Crippen molar-refractivity contribution in [2.45, 2.75) is 43.2 Å². The van der Waals surface area contributed by atoms with E-state index < -0.39 is 0 Å². The van der Waals surface area contributed by atoms with Crippen molar-refractivity contribution >= 4 is 51.1 Å². The SMILES string of the molecule is CCNC(Cc1ccc(Br)cc1Cl)C1SCCSC1CC. The van der Waals surface area contributed by atoms with Crippen molar-refractivity contribution in [3.63, 3.8) is 0 Å². The average molecular weight is 409 g/mol. The highest BCUT2D eigenvalue weighted by Crippen LogP contribution is 2.36. The van der Waals surface area contributed by atoms with Gasteiger partial charge in [-0.1, -0.05) is 47.4 Å². The first-order chi connectivity index (χ1) is 10.2. The number of hydrogen-bond donors (Lipinski definition) is 1. The lowest BCUT2D eigenvalue weighted by Crippen LogP contribution is -2.46. The van der Waals surface area contributed by atoms with E-state index in [0.29, 0.717) is 11.3 Å². The predicted octanol–water partition coefficient (Wildman–Crippen LogP) is 5.25. The van der Waals surface area contributed by atoms with Crippen molar-refractivity contribution in [3.8, 4) is 0 Å². The average Bonchev–Trinajstić information content (AvgIpc) is 2.49. The molecule has 1 aromatic carbocycles. The second-order valence-corrected chi connectivity index (χ2v) is 9.21. The summed E-state index contributed by atoms with van der Waals surface area (Å²) >= 11 is 14.2. The first-order valence-corrected chi connectivity index (χ1v) is 10.8. The van der Waals surface area contributed by atoms with Gasteiger partial charge in [0, 0.05) is 37.5 Å². The lowest BCUT2D eigenvalue weighted by molar-refractivity contribution is 0.490. The van der Waals surface area contributed by atoms with Crippen LogP contribution in [0.1, 0.15) is 25.8 Å². The summed E-state index contributed by atoms with van der Waals surface area (Å²) in [5.74, 6) is 2.55. The second kappa shape index (κ2) is 9.07. The molecule has 0 amide bonds. The van der Waals surface area contributed by atoms with Crippen molar-refractivity contribution in [3.05, 3.63) is 33.3 Å². The molecule has 5 heteroatoms. The Bertz CT molecular complexity index is 458. The quantitative estimate of drug-likeness (QED) is 0.690. The summed E-state index contributed by atoms with van der Waals surface area (Å²) < 4.78 is 1.05. The summed E-state index contributed by atoms with van der Waals surface area (Å²) in [4.78, 5) is 0. The van der Waals surface area contributed by atoms with E-state index in [9.17, 15) is 0 Å². The summed E-state index contributed by atoms with van der Waals surface area (Å²) in [6.07, 6.45) is 2.26. The third-order valence-corrected chi connectivity index (χ3v) is 8.06. The zero-order chi connectivity index (χ0) is 15.2. The lowest BCUT2D eigenvalue weighted by atomic mass is 10.00. The van der Waals surface area contributed by atoms with Crippen LogP contribution in [0.3, 0.4) is 0 Å². The molecule has 1 fully saturated rings. The molecule has 21 heavy (non-hydrogen) atoms. The van der Waals surface area contributed by atoms with Crippen molar-refractivity contribution < 1.29 is 0 Å². The number of halogens is 2. The molecule has 1 aliphatic heterocycles. The molecule has 0 radical (unpaired) electrons. The zero-order valence-corrected chi connectivity index (χ0v) is 16.5. The number of thioether (sulfide) groups is 2. The van der Waals surface area contributed by atoms with Crippen LogP contribution in [0.2, 0.25) is 5.02 Å². The van der Waals surface area contributed by atoms with Gasteiger partial charge in [0.05, 0.1) is 0 Å². The molecule has 1 N–H and O–H groups in total. The fraction of sp³-hybridized carbons (Fsp3) is 0.625. The van der Waals surface area contributed by atoms with Gasteiger partial charge in [-0.25, -0.2) is 0 Å². The van der Waals surface area contributed by atoms with Crippen LogP contribution < -0.4 is 5.32 Å². The Balaban J connectivity index is 2.13. The van der Waals surface area contributed by atoms with E-state index in [2.05, 4.69) is 70.8 Å². The zero-order valence-electron chi connectivity index (χ0n) is 12.6. The number of benzene rings is 1. The topological polar surface area (TPSA) is 12.0 Å². The Morgan fingerprint density at radius 1 is 1.33 bits per heavy atom. The molecule has 0 aliphatic carbocycles. The van der Waals surface area contributed by atoms with Crippen molar-refractivity contribution in [1.29, 1.82) is 0 Å². The van der Waals surface area contributed by atoms with Gasteiger partial charge >= 0.3 is 0 Å². The fourth-order valence-corrected chi connectivity index (χ4v) is 6.82. The van der Waals surface area contributed by atoms with Crippen LogP contribution in [0.5, 0.6) is 0 Å². The maximum absolute atomic E-state index is 6.41. The first kappa shape index (κ1) is 18.0. The molecule has 1 nitrogen and oxygen atoms in total. The Hall–Kier alpha value is 0.650. The predicted molar refractivity (Wildman–Crippen MR) is 103 cm³/mol. The molecule has 3 atom stereocenters. The summed E-state index contributed by atoms with van der Waals surface area (Å²) in [5.41, 5.74) is 1.25. The van der Waals surface area contributed by atoms with E-state index in [-0.39, 0.29) is 0 Å². The number of rotatable bonds is 6. The van der Waals surface area contributed by atoms with Gasteiger partial charge in [0.25, 0.3) is 0 Å². The highest BCUT2D eigenvalue weighted by atomic mass is 79.9. The van der Waals surface area contributed by atoms with Gasteiger partial charge in [0.15, 0.2) is 0 Å². The Morgan fingerprint density at radius 3 is 2.76 bits per heavy atom. The van der Waals surface area contributed by atoms with Gasteiger partial charge in [-0.15, -0.1) is 0 Å². The van der Waals surface area contributed by atoms with Crippen LogP contribution in [-0.2, 0) is 6.42 Å². The maximum Gasteiger partial charge on any atom is 0.0449 e. The standard InChI is InChI=1S/C16H23BrClNS2/c1-3-15-16(21-8-7-20-15)14(19-4-2)9-11-5-6-12(17)10-13(11)18/h5-6,10,14-16,19H,3-4,7-9H2,1-2H3. The van der Waals surface area contributed by atoms with Crippen LogP contribution in [0.15, 0.2) is 22.7 Å². The summed E-state index contributed by atoms with van der Waals surface area (Å²) in [6, 6.07) is 6.74. The molecule has 0 saturated carbocycles. The molecule has 0 aromatic heterocycles. The van der Waals surface area contributed by atoms with Crippen LogP contribution in [0.25, 0.3) is 0 Å². The molecule has 3 unspecified atom stereocenters. The second-order valence-electron chi connectivity index (χ2n) is 5.26. The smallest absolute Gasteiger partial charge is 0.0449 e. The van der Waals surface area contributed by atoms with Crippen LogP contribution >= 0.6 is 51.1 Å². The number of likely N-dealkylation sites (N-methyl/N-ethyl adjacent to an activating group) is 1. The van der Waals surface area contributed by atoms with E-state index in [1.165, 1.54) is 23.5 Å². The van der Waals surface area contributed by atoms with Gasteiger partial charge in [-0.3, -0.25) is 0 Å². The third-order valence-electron chi connectivity index (χ3n) is 3.81. The molecular formula is C16H23BrClNS2. The maximum atomic E-state index is 6.41. The van der Waals surface area contributed by atoms with Gasteiger partial charge in [0.1, 0.15) is 0 Å². The minimum atomic E-state index is 0.497. The molecule has 1 aliphatic rings. The monoisotopic (exact) mass is 407 g/mol. The van der Waals surface area contributed by atoms with Crippen LogP contribution in [0, 0.1) is 0 Å². The number of hydrogen-bond acceptors (Lipinski definition) is 3. The summed E-state index contributed by atoms with van der Waals surface area (Å²) in [5, 5.41) is 6.00. The third kappa shape index (κ3) is 5.07. The van der Waals surface area contributed by atoms with E-state index in [1.54, 1.807) is 0 Å². The van der Waals surface area contributed by atoms with Crippen molar-refractivity contribution in [1.82, 2.24) is 5.32 Å². The Kier molecular flexibility index (Phi) is 7.77. The van der Waals surface area contributed by atoms with Crippen molar-refractivity contribution in [2.24, 2.45) is 0 Å². The molecule has 0 bridgehead atoms. The largest absolute Gasteiger partial charge is 0.313 e. The summed E-state index contributed by atoms with van der Waals surface area (Å²) in [7, 11) is 0. The van der Waals surface area contributed by atoms with Gasteiger partial charge in [-0.2, -0.15) is 23.5 Å². The van der Waals surface area contributed by atoms with Gasteiger partial charge < -0.3 is 5.32 Å². The van der Waals surface area contributed by atoms with Crippen LogP contribution in [0.4, 0.5) is 0 Å². The molecule has 2 rings (SSSR count). The van der Waals surface area contributed by atoms with Gasteiger partial charge in [0.2, 0.25) is 0 Å². The molecular weight excluding hydrogens is 386 g/mol. The minimum absolute atomic E-state index is 0.497. The van der Waals surface area contributed by atoms with Crippen LogP contribution in [-0.4, -0.2) is 34.6 Å². The number of nitrogens with one attached hydrogen (secondary N) is 1. The Labute approximate surface area is 150 Å². The van der Waals surface area contributed by atoms with E-state index in [4.69, 9.17) is 11.6 Å². The molecule has 0 spiro atoms. The van der Waals surface area contributed by atoms with Crippen molar-refractivity contribution in [2.75, 3.05) is 18.1 Å². The summed E-state index contributed by atoms with van der Waals surface area (Å²) in [6.45, 7) is 5.51. The molecule has 1 aromatic rings. The molecule has 1 heterocycles. The normalized spacial score (nSPS) is 24.0.